The van der Waals surface area contributed by atoms with Crippen LogP contribution >= 0.6 is 11.6 Å². The van der Waals surface area contributed by atoms with Gasteiger partial charge in [-0.25, -0.2) is 0 Å². The van der Waals surface area contributed by atoms with Crippen molar-refractivity contribution in [2.45, 2.75) is 37.9 Å². The Bertz CT molecular complexity index is 393. The standard InChI is InChI=1S/C9H11ClF3N3/c10-6-7(9(11,12)13)16(15-8(6)14)5-3-1-2-4-5/h5H,1-4H2,(H2,14,15). The molecule has 90 valence electrons. The second kappa shape index (κ2) is 3.84. The highest BCUT2D eigenvalue weighted by atomic mass is 35.5. The highest BCUT2D eigenvalue weighted by molar-refractivity contribution is 6.33. The van der Waals surface area contributed by atoms with Crippen molar-refractivity contribution >= 4 is 17.4 Å². The summed E-state index contributed by atoms with van der Waals surface area (Å²) < 4.78 is 39.3. The van der Waals surface area contributed by atoms with E-state index in [1.165, 1.54) is 0 Å². The summed E-state index contributed by atoms with van der Waals surface area (Å²) in [7, 11) is 0. The van der Waals surface area contributed by atoms with Crippen LogP contribution in [0, 0.1) is 0 Å². The van der Waals surface area contributed by atoms with Gasteiger partial charge in [-0.05, 0) is 12.8 Å². The van der Waals surface area contributed by atoms with E-state index in [0.29, 0.717) is 12.8 Å². The van der Waals surface area contributed by atoms with Gasteiger partial charge in [-0.15, -0.1) is 0 Å². The predicted molar refractivity (Wildman–Crippen MR) is 54.2 cm³/mol. The summed E-state index contributed by atoms with van der Waals surface area (Å²) in [5.41, 5.74) is 4.42. The molecular weight excluding hydrogens is 243 g/mol. The van der Waals surface area contributed by atoms with Crippen LogP contribution in [-0.4, -0.2) is 9.78 Å². The Morgan fingerprint density at radius 1 is 1.31 bits per heavy atom. The molecule has 2 rings (SSSR count). The molecule has 2 N–H and O–H groups in total. The van der Waals surface area contributed by atoms with Gasteiger partial charge in [-0.3, -0.25) is 4.68 Å². The third-order valence-corrected chi connectivity index (χ3v) is 3.19. The van der Waals surface area contributed by atoms with Gasteiger partial charge in [0.25, 0.3) is 0 Å². The molecule has 1 aliphatic rings. The zero-order valence-electron chi connectivity index (χ0n) is 8.39. The largest absolute Gasteiger partial charge is 0.434 e. The summed E-state index contributed by atoms with van der Waals surface area (Å²) in [5, 5.41) is 3.21. The highest BCUT2D eigenvalue weighted by Crippen LogP contribution is 2.41. The van der Waals surface area contributed by atoms with Crippen molar-refractivity contribution in [3.63, 3.8) is 0 Å². The summed E-state index contributed by atoms with van der Waals surface area (Å²) in [6.07, 6.45) is -1.29. The van der Waals surface area contributed by atoms with E-state index < -0.39 is 16.9 Å². The van der Waals surface area contributed by atoms with Gasteiger partial charge in [0, 0.05) is 0 Å². The van der Waals surface area contributed by atoms with Crippen LogP contribution in [-0.2, 0) is 6.18 Å². The number of halogens is 4. The molecule has 0 unspecified atom stereocenters. The van der Waals surface area contributed by atoms with Crippen molar-refractivity contribution in [2.75, 3.05) is 5.73 Å². The first-order valence-corrected chi connectivity index (χ1v) is 5.39. The summed E-state index contributed by atoms with van der Waals surface area (Å²) >= 11 is 5.55. The van der Waals surface area contributed by atoms with Gasteiger partial charge in [0.1, 0.15) is 5.02 Å². The lowest BCUT2D eigenvalue weighted by atomic mass is 10.2. The Labute approximate surface area is 95.4 Å². The molecule has 1 aromatic rings. The van der Waals surface area contributed by atoms with Crippen LogP contribution in [0.1, 0.15) is 37.4 Å². The van der Waals surface area contributed by atoms with Gasteiger partial charge in [-0.2, -0.15) is 18.3 Å². The normalized spacial score (nSPS) is 18.2. The monoisotopic (exact) mass is 253 g/mol. The van der Waals surface area contributed by atoms with Gasteiger partial charge in [0.2, 0.25) is 0 Å². The third-order valence-electron chi connectivity index (χ3n) is 2.82. The van der Waals surface area contributed by atoms with Crippen LogP contribution in [0.4, 0.5) is 19.0 Å². The van der Waals surface area contributed by atoms with Crippen molar-refractivity contribution in [2.24, 2.45) is 0 Å². The van der Waals surface area contributed by atoms with Gasteiger partial charge in [0.05, 0.1) is 6.04 Å². The number of hydrogen-bond donors (Lipinski definition) is 1. The van der Waals surface area contributed by atoms with Gasteiger partial charge >= 0.3 is 6.18 Å². The molecule has 0 spiro atoms. The predicted octanol–water partition coefficient (Wildman–Crippen LogP) is 3.25. The first-order valence-electron chi connectivity index (χ1n) is 5.02. The fourth-order valence-electron chi connectivity index (χ4n) is 2.10. The molecule has 0 saturated heterocycles. The van der Waals surface area contributed by atoms with Crippen LogP contribution in [0.3, 0.4) is 0 Å². The SMILES string of the molecule is Nc1nn(C2CCCC2)c(C(F)(F)F)c1Cl. The number of alkyl halides is 3. The molecule has 1 aromatic heterocycles. The van der Waals surface area contributed by atoms with Crippen LogP contribution in [0.25, 0.3) is 0 Å². The smallest absolute Gasteiger partial charge is 0.381 e. The fraction of sp³-hybridized carbons (Fsp3) is 0.667. The number of nitrogen functional groups attached to an aromatic ring is 1. The molecule has 0 atom stereocenters. The average molecular weight is 254 g/mol. The zero-order chi connectivity index (χ0) is 11.9. The Balaban J connectivity index is 2.48. The Morgan fingerprint density at radius 2 is 1.88 bits per heavy atom. The lowest BCUT2D eigenvalue weighted by Gasteiger charge is -2.15. The van der Waals surface area contributed by atoms with Gasteiger partial charge in [-0.1, -0.05) is 24.4 Å². The lowest BCUT2D eigenvalue weighted by Crippen LogP contribution is -2.18. The first-order chi connectivity index (χ1) is 7.41. The van der Waals surface area contributed by atoms with E-state index >= 15 is 0 Å². The third kappa shape index (κ3) is 1.86. The number of rotatable bonds is 1. The number of anilines is 1. The van der Waals surface area contributed by atoms with Crippen LogP contribution in [0.5, 0.6) is 0 Å². The highest BCUT2D eigenvalue weighted by Gasteiger charge is 2.41. The van der Waals surface area contributed by atoms with E-state index in [0.717, 1.165) is 17.5 Å². The summed E-state index contributed by atoms with van der Waals surface area (Å²) in [4.78, 5) is 0. The molecule has 1 heterocycles. The molecule has 1 fully saturated rings. The van der Waals surface area contributed by atoms with Crippen molar-refractivity contribution in [1.29, 1.82) is 0 Å². The van der Waals surface area contributed by atoms with Crippen LogP contribution in [0.2, 0.25) is 5.02 Å². The van der Waals surface area contributed by atoms with E-state index in [-0.39, 0.29) is 11.9 Å². The minimum atomic E-state index is -4.51. The zero-order valence-corrected chi connectivity index (χ0v) is 9.15. The van der Waals surface area contributed by atoms with E-state index in [4.69, 9.17) is 17.3 Å². The quantitative estimate of drug-likeness (QED) is 0.835. The molecule has 0 bridgehead atoms. The molecule has 0 aliphatic heterocycles. The topological polar surface area (TPSA) is 43.8 Å². The minimum absolute atomic E-state index is 0.230. The Kier molecular flexibility index (Phi) is 2.77. The molecule has 1 aliphatic carbocycles. The second-order valence-corrected chi connectivity index (χ2v) is 4.31. The molecule has 0 aromatic carbocycles. The van der Waals surface area contributed by atoms with E-state index in [1.807, 2.05) is 0 Å². The van der Waals surface area contributed by atoms with E-state index in [1.54, 1.807) is 0 Å². The van der Waals surface area contributed by atoms with E-state index in [9.17, 15) is 13.2 Å². The summed E-state index contributed by atoms with van der Waals surface area (Å²) in [6, 6.07) is -0.230. The maximum Gasteiger partial charge on any atom is 0.434 e. The average Bonchev–Trinajstić information content (AvgIpc) is 2.73. The van der Waals surface area contributed by atoms with Crippen LogP contribution in [0.15, 0.2) is 0 Å². The number of nitrogens with zero attached hydrogens (tertiary/aromatic N) is 2. The van der Waals surface area contributed by atoms with Crippen LogP contribution < -0.4 is 5.73 Å². The number of aromatic nitrogens is 2. The fourth-order valence-corrected chi connectivity index (χ4v) is 2.33. The maximum atomic E-state index is 12.8. The Hall–Kier alpha value is -0.910. The van der Waals surface area contributed by atoms with Gasteiger partial charge < -0.3 is 5.73 Å². The van der Waals surface area contributed by atoms with Crippen molar-refractivity contribution in [3.05, 3.63) is 10.7 Å². The first kappa shape index (κ1) is 11.6. The summed E-state index contributed by atoms with van der Waals surface area (Å²) in [6.45, 7) is 0. The minimum Gasteiger partial charge on any atom is -0.381 e. The van der Waals surface area contributed by atoms with Gasteiger partial charge in [0.15, 0.2) is 11.5 Å². The molecule has 1 saturated carbocycles. The molecular formula is C9H11ClF3N3. The Morgan fingerprint density at radius 3 is 2.38 bits per heavy atom. The molecule has 0 amide bonds. The summed E-state index contributed by atoms with van der Waals surface area (Å²) in [5.74, 6) is -0.249. The second-order valence-electron chi connectivity index (χ2n) is 3.93. The lowest BCUT2D eigenvalue weighted by molar-refractivity contribution is -0.144. The van der Waals surface area contributed by atoms with E-state index in [2.05, 4.69) is 5.10 Å². The number of hydrogen-bond acceptors (Lipinski definition) is 2. The molecule has 0 radical (unpaired) electrons. The van der Waals surface area contributed by atoms with Crippen molar-refractivity contribution < 1.29 is 13.2 Å². The van der Waals surface area contributed by atoms with Crippen molar-refractivity contribution in [1.82, 2.24) is 9.78 Å². The molecule has 3 nitrogen and oxygen atoms in total. The number of nitrogens with two attached hydrogens (primary N) is 1. The molecule has 16 heavy (non-hydrogen) atoms. The maximum absolute atomic E-state index is 12.8. The van der Waals surface area contributed by atoms with Crippen molar-refractivity contribution in [3.8, 4) is 0 Å². The molecule has 7 heteroatoms.